The molecule has 0 radical (unpaired) electrons. The molecule has 28 heavy (non-hydrogen) atoms. The summed E-state index contributed by atoms with van der Waals surface area (Å²) >= 11 is 0. The third-order valence-electron chi connectivity index (χ3n) is 3.84. The van der Waals surface area contributed by atoms with E-state index in [0.717, 1.165) is 0 Å². The van der Waals surface area contributed by atoms with Crippen molar-refractivity contribution in [1.82, 2.24) is 5.32 Å². The van der Waals surface area contributed by atoms with Gasteiger partial charge in [-0.3, -0.25) is 4.79 Å². The van der Waals surface area contributed by atoms with Gasteiger partial charge in [-0.15, -0.1) is 0 Å². The van der Waals surface area contributed by atoms with E-state index < -0.39 is 11.9 Å². The second-order valence-corrected chi connectivity index (χ2v) is 5.47. The van der Waals surface area contributed by atoms with Crippen LogP contribution in [0.3, 0.4) is 0 Å². The van der Waals surface area contributed by atoms with E-state index in [0.29, 0.717) is 17.1 Å². The van der Waals surface area contributed by atoms with Crippen molar-refractivity contribution in [3.8, 4) is 23.0 Å². The van der Waals surface area contributed by atoms with Crippen molar-refractivity contribution in [2.45, 2.75) is 0 Å². The monoisotopic (exact) mass is 387 g/mol. The zero-order chi connectivity index (χ0) is 20.7. The van der Waals surface area contributed by atoms with E-state index in [9.17, 15) is 14.7 Å². The molecule has 0 saturated carbocycles. The number of para-hydroxylation sites is 1. The summed E-state index contributed by atoms with van der Waals surface area (Å²) < 4.78 is 20.9. The first-order valence-electron chi connectivity index (χ1n) is 8.14. The Morgan fingerprint density at radius 2 is 1.46 bits per heavy atom. The topological polar surface area (TPSA) is 103 Å². The Morgan fingerprint density at radius 3 is 1.96 bits per heavy atom. The van der Waals surface area contributed by atoms with Crippen LogP contribution in [0, 0.1) is 0 Å². The molecule has 0 atom stereocenters. The second-order valence-electron chi connectivity index (χ2n) is 5.47. The molecule has 0 aromatic heterocycles. The van der Waals surface area contributed by atoms with Crippen LogP contribution in [0.5, 0.6) is 23.0 Å². The largest absolute Gasteiger partial charge is 0.496 e. The number of aliphatic carboxylic acids is 1. The highest BCUT2D eigenvalue weighted by Gasteiger charge is 2.19. The number of nitrogens with one attached hydrogen (secondary N) is 1. The number of carbonyl (C=O) groups excluding carboxylic acids is 1. The van der Waals surface area contributed by atoms with Gasteiger partial charge in [-0.2, -0.15) is 0 Å². The number of carboxylic acids is 1. The molecule has 8 nitrogen and oxygen atoms in total. The summed E-state index contributed by atoms with van der Waals surface area (Å²) in [5, 5.41) is 11.9. The van der Waals surface area contributed by atoms with Crippen LogP contribution < -0.4 is 24.3 Å². The van der Waals surface area contributed by atoms with Crippen molar-refractivity contribution in [1.29, 1.82) is 0 Å². The van der Waals surface area contributed by atoms with Crippen molar-refractivity contribution in [2.75, 3.05) is 28.4 Å². The number of hydrogen-bond acceptors (Lipinski definition) is 6. The molecular formula is C20H21NO7. The van der Waals surface area contributed by atoms with Gasteiger partial charge in [0.25, 0.3) is 5.91 Å². The fourth-order valence-electron chi connectivity index (χ4n) is 2.50. The van der Waals surface area contributed by atoms with E-state index in [1.54, 1.807) is 24.3 Å². The lowest BCUT2D eigenvalue weighted by Gasteiger charge is -2.14. The van der Waals surface area contributed by atoms with Crippen LogP contribution in [0.2, 0.25) is 0 Å². The summed E-state index contributed by atoms with van der Waals surface area (Å²) in [6.07, 6.45) is 1.32. The molecule has 0 spiro atoms. The average molecular weight is 387 g/mol. The average Bonchev–Trinajstić information content (AvgIpc) is 2.72. The number of rotatable bonds is 8. The molecule has 0 aliphatic heterocycles. The van der Waals surface area contributed by atoms with E-state index in [2.05, 4.69) is 5.32 Å². The standard InChI is InChI=1S/C20H21NO7/c1-25-15-8-6-5-7-12(15)9-14(20(23)24)21-19(22)13-10-16(26-2)18(28-4)17(11-13)27-3/h5-11H,1-4H3,(H,21,22)(H,23,24). The lowest BCUT2D eigenvalue weighted by atomic mass is 10.1. The Morgan fingerprint density at radius 1 is 0.893 bits per heavy atom. The smallest absolute Gasteiger partial charge is 0.352 e. The summed E-state index contributed by atoms with van der Waals surface area (Å²) in [4.78, 5) is 24.3. The molecule has 2 N–H and O–H groups in total. The highest BCUT2D eigenvalue weighted by atomic mass is 16.5. The van der Waals surface area contributed by atoms with Crippen molar-refractivity contribution < 1.29 is 33.6 Å². The van der Waals surface area contributed by atoms with Gasteiger partial charge in [-0.05, 0) is 24.3 Å². The minimum absolute atomic E-state index is 0.140. The Labute approximate surface area is 162 Å². The first kappa shape index (κ1) is 20.6. The van der Waals surface area contributed by atoms with Crippen LogP contribution in [-0.2, 0) is 4.79 Å². The van der Waals surface area contributed by atoms with E-state index in [4.69, 9.17) is 18.9 Å². The Hall–Kier alpha value is -3.68. The van der Waals surface area contributed by atoms with Crippen molar-refractivity contribution in [2.24, 2.45) is 0 Å². The molecule has 2 aromatic rings. The van der Waals surface area contributed by atoms with Gasteiger partial charge in [0.2, 0.25) is 5.75 Å². The Bertz CT molecular complexity index is 880. The minimum atomic E-state index is -1.30. The van der Waals surface area contributed by atoms with E-state index in [-0.39, 0.29) is 22.8 Å². The van der Waals surface area contributed by atoms with Gasteiger partial charge in [0, 0.05) is 11.1 Å². The fourth-order valence-corrected chi connectivity index (χ4v) is 2.50. The summed E-state index contributed by atoms with van der Waals surface area (Å²) in [7, 11) is 5.76. The third-order valence-corrected chi connectivity index (χ3v) is 3.84. The molecule has 0 unspecified atom stereocenters. The van der Waals surface area contributed by atoms with Crippen LogP contribution in [0.4, 0.5) is 0 Å². The SMILES string of the molecule is COc1ccccc1C=C(NC(=O)c1cc(OC)c(OC)c(OC)c1)C(=O)O. The quantitative estimate of drug-likeness (QED) is 0.671. The summed E-state index contributed by atoms with van der Waals surface area (Å²) in [6.45, 7) is 0. The molecule has 8 heteroatoms. The number of carboxylic acid groups (broad SMARTS) is 1. The van der Waals surface area contributed by atoms with E-state index >= 15 is 0 Å². The number of hydrogen-bond donors (Lipinski definition) is 2. The maximum Gasteiger partial charge on any atom is 0.352 e. The maximum atomic E-state index is 12.6. The van der Waals surface area contributed by atoms with Crippen molar-refractivity contribution in [3.63, 3.8) is 0 Å². The Balaban J connectivity index is 2.40. The zero-order valence-corrected chi connectivity index (χ0v) is 15.9. The van der Waals surface area contributed by atoms with E-state index in [1.165, 1.54) is 46.6 Å². The molecule has 1 amide bonds. The van der Waals surface area contributed by atoms with Crippen molar-refractivity contribution in [3.05, 3.63) is 53.2 Å². The van der Waals surface area contributed by atoms with Crippen LogP contribution in [0.15, 0.2) is 42.1 Å². The molecule has 0 aliphatic carbocycles. The first-order chi connectivity index (χ1) is 13.4. The molecule has 0 bridgehead atoms. The molecule has 0 saturated heterocycles. The van der Waals surface area contributed by atoms with Gasteiger partial charge >= 0.3 is 5.97 Å². The van der Waals surface area contributed by atoms with E-state index in [1.807, 2.05) is 0 Å². The molecule has 0 heterocycles. The van der Waals surface area contributed by atoms with Crippen LogP contribution in [0.25, 0.3) is 6.08 Å². The zero-order valence-electron chi connectivity index (χ0n) is 15.9. The lowest BCUT2D eigenvalue weighted by Crippen LogP contribution is -2.27. The van der Waals surface area contributed by atoms with Crippen LogP contribution in [0.1, 0.15) is 15.9 Å². The number of amides is 1. The number of carbonyl (C=O) groups is 2. The third kappa shape index (κ3) is 4.53. The summed E-state index contributed by atoms with van der Waals surface area (Å²) in [5.41, 5.74) is 0.331. The van der Waals surface area contributed by atoms with Crippen LogP contribution in [-0.4, -0.2) is 45.4 Å². The Kier molecular flexibility index (Phi) is 6.86. The highest BCUT2D eigenvalue weighted by Crippen LogP contribution is 2.38. The molecular weight excluding hydrogens is 366 g/mol. The molecule has 148 valence electrons. The van der Waals surface area contributed by atoms with Gasteiger partial charge in [0.1, 0.15) is 11.4 Å². The number of benzene rings is 2. The predicted molar refractivity (Wildman–Crippen MR) is 102 cm³/mol. The minimum Gasteiger partial charge on any atom is -0.496 e. The van der Waals surface area contributed by atoms with Gasteiger partial charge in [0.05, 0.1) is 28.4 Å². The summed E-state index contributed by atoms with van der Waals surface area (Å²) in [6, 6.07) is 9.71. The lowest BCUT2D eigenvalue weighted by molar-refractivity contribution is -0.132. The molecule has 0 fully saturated rings. The van der Waals surface area contributed by atoms with Gasteiger partial charge in [-0.1, -0.05) is 18.2 Å². The molecule has 2 aromatic carbocycles. The van der Waals surface area contributed by atoms with Gasteiger partial charge < -0.3 is 29.4 Å². The predicted octanol–water partition coefficient (Wildman–Crippen LogP) is 2.58. The molecule has 2 rings (SSSR count). The molecule has 0 aliphatic rings. The van der Waals surface area contributed by atoms with Gasteiger partial charge in [-0.25, -0.2) is 4.79 Å². The maximum absolute atomic E-state index is 12.6. The number of methoxy groups -OCH3 is 4. The summed E-state index contributed by atoms with van der Waals surface area (Å²) in [5.74, 6) is -0.600. The van der Waals surface area contributed by atoms with Crippen LogP contribution >= 0.6 is 0 Å². The fraction of sp³-hybridized carbons (Fsp3) is 0.200. The second kappa shape index (κ2) is 9.31. The first-order valence-corrected chi connectivity index (χ1v) is 8.14. The highest BCUT2D eigenvalue weighted by molar-refractivity contribution is 6.03. The van der Waals surface area contributed by atoms with Crippen molar-refractivity contribution >= 4 is 18.0 Å². The number of ether oxygens (including phenoxy) is 4. The normalized spacial score (nSPS) is 10.8. The van der Waals surface area contributed by atoms with Gasteiger partial charge in [0.15, 0.2) is 11.5 Å².